The lowest BCUT2D eigenvalue weighted by Gasteiger charge is -2.13. The van der Waals surface area contributed by atoms with Gasteiger partial charge in [0.25, 0.3) is 5.91 Å². The molecule has 0 aliphatic rings. The van der Waals surface area contributed by atoms with Gasteiger partial charge in [0.1, 0.15) is 0 Å². The number of amides is 1. The first-order chi connectivity index (χ1) is 12.7. The number of hydrogen-bond acceptors (Lipinski definition) is 2. The maximum Gasteiger partial charge on any atom is 0.434 e. The molecule has 9 heteroatoms. The largest absolute Gasteiger partial charge is 0.434 e. The maximum atomic E-state index is 13.7. The molecule has 140 valence electrons. The predicted octanol–water partition coefficient (Wildman–Crippen LogP) is 5.76. The second-order valence-electron chi connectivity index (χ2n) is 5.71. The van der Waals surface area contributed by atoms with Gasteiger partial charge in [0, 0.05) is 15.7 Å². The molecule has 0 saturated carbocycles. The summed E-state index contributed by atoms with van der Waals surface area (Å²) in [5.74, 6) is -0.937. The van der Waals surface area contributed by atoms with E-state index in [1.165, 1.54) is 30.3 Å². The molecule has 0 aliphatic heterocycles. The first-order valence-corrected chi connectivity index (χ1v) is 8.41. The highest BCUT2D eigenvalue weighted by Crippen LogP contribution is 2.34. The van der Waals surface area contributed by atoms with Crippen LogP contribution in [-0.4, -0.2) is 15.7 Å². The zero-order valence-corrected chi connectivity index (χ0v) is 15.3. The fourth-order valence-electron chi connectivity index (χ4n) is 2.48. The maximum absolute atomic E-state index is 13.7. The first-order valence-electron chi connectivity index (χ1n) is 7.65. The van der Waals surface area contributed by atoms with Gasteiger partial charge in [-0.25, -0.2) is 4.68 Å². The van der Waals surface area contributed by atoms with Gasteiger partial charge in [0.05, 0.1) is 17.4 Å². The van der Waals surface area contributed by atoms with Crippen LogP contribution in [0.4, 0.5) is 18.9 Å². The summed E-state index contributed by atoms with van der Waals surface area (Å²) in [5, 5.41) is 6.93. The van der Waals surface area contributed by atoms with Crippen LogP contribution in [0.25, 0.3) is 5.69 Å². The first kappa shape index (κ1) is 19.3. The summed E-state index contributed by atoms with van der Waals surface area (Å²) >= 11 is 11.7. The molecular weight excluding hydrogens is 402 g/mol. The van der Waals surface area contributed by atoms with Crippen molar-refractivity contribution in [3.05, 3.63) is 75.5 Å². The van der Waals surface area contributed by atoms with Crippen molar-refractivity contribution < 1.29 is 18.0 Å². The van der Waals surface area contributed by atoms with Gasteiger partial charge in [-0.15, -0.1) is 0 Å². The van der Waals surface area contributed by atoms with Gasteiger partial charge in [-0.1, -0.05) is 29.3 Å². The lowest BCUT2D eigenvalue weighted by molar-refractivity contribution is -0.143. The topological polar surface area (TPSA) is 46.9 Å². The number of rotatable bonds is 3. The molecule has 3 aromatic rings. The second kappa shape index (κ2) is 7.25. The molecule has 1 aromatic heterocycles. The molecule has 3 rings (SSSR count). The fraction of sp³-hybridized carbons (Fsp3) is 0.111. The minimum Gasteiger partial charge on any atom is -0.322 e. The molecule has 0 spiro atoms. The summed E-state index contributed by atoms with van der Waals surface area (Å²) in [4.78, 5) is 12.5. The number of carbonyl (C=O) groups is 1. The molecule has 0 fully saturated rings. The number of anilines is 1. The SMILES string of the molecule is Cc1ccc(Cl)cc1NC(=O)c1cnn(-c2ccc(Cl)cc2)c1C(F)(F)F. The third-order valence-corrected chi connectivity index (χ3v) is 4.29. The molecule has 0 unspecified atom stereocenters. The zero-order chi connectivity index (χ0) is 19.8. The summed E-state index contributed by atoms with van der Waals surface area (Å²) in [6, 6.07) is 10.4. The molecule has 0 saturated heterocycles. The van der Waals surface area contributed by atoms with Crippen LogP contribution < -0.4 is 5.32 Å². The van der Waals surface area contributed by atoms with Gasteiger partial charge in [-0.2, -0.15) is 18.3 Å². The Balaban J connectivity index is 2.04. The van der Waals surface area contributed by atoms with Gasteiger partial charge < -0.3 is 5.32 Å². The Labute approximate surface area is 162 Å². The van der Waals surface area contributed by atoms with Crippen LogP contribution in [0.3, 0.4) is 0 Å². The smallest absolute Gasteiger partial charge is 0.322 e. The zero-order valence-electron chi connectivity index (χ0n) is 13.8. The lowest BCUT2D eigenvalue weighted by atomic mass is 10.1. The van der Waals surface area contributed by atoms with E-state index < -0.39 is 23.3 Å². The number of benzene rings is 2. The van der Waals surface area contributed by atoms with Crippen molar-refractivity contribution >= 4 is 34.8 Å². The van der Waals surface area contributed by atoms with Crippen molar-refractivity contribution in [3.63, 3.8) is 0 Å². The minimum absolute atomic E-state index is 0.129. The number of carbonyl (C=O) groups excluding carboxylic acids is 1. The van der Waals surface area contributed by atoms with Crippen molar-refractivity contribution in [1.82, 2.24) is 9.78 Å². The standard InChI is InChI=1S/C18H12Cl2F3N3O/c1-10-2-3-12(20)8-15(10)25-17(27)14-9-24-26(16(14)18(21,22)23)13-6-4-11(19)5-7-13/h2-9H,1H3,(H,25,27). The number of hydrogen-bond donors (Lipinski definition) is 1. The van der Waals surface area contributed by atoms with E-state index in [1.807, 2.05) is 0 Å². The van der Waals surface area contributed by atoms with Crippen molar-refractivity contribution in [2.24, 2.45) is 0 Å². The van der Waals surface area contributed by atoms with E-state index in [-0.39, 0.29) is 5.69 Å². The molecule has 0 radical (unpaired) electrons. The van der Waals surface area contributed by atoms with E-state index in [0.717, 1.165) is 6.20 Å². The van der Waals surface area contributed by atoms with Gasteiger partial charge in [-0.3, -0.25) is 4.79 Å². The molecule has 0 bridgehead atoms. The quantitative estimate of drug-likeness (QED) is 0.593. The van der Waals surface area contributed by atoms with Gasteiger partial charge >= 0.3 is 6.18 Å². The van der Waals surface area contributed by atoms with E-state index in [4.69, 9.17) is 23.2 Å². The third-order valence-electron chi connectivity index (χ3n) is 3.80. The van der Waals surface area contributed by atoms with Crippen molar-refractivity contribution in [3.8, 4) is 5.69 Å². The Bertz CT molecular complexity index is 998. The van der Waals surface area contributed by atoms with Crippen LogP contribution in [0.5, 0.6) is 0 Å². The molecule has 1 amide bonds. The number of aryl methyl sites for hydroxylation is 1. The highest BCUT2D eigenvalue weighted by atomic mass is 35.5. The molecular formula is C18H12Cl2F3N3O. The van der Waals surface area contributed by atoms with Crippen LogP contribution in [-0.2, 0) is 6.18 Å². The Morgan fingerprint density at radius 2 is 1.70 bits per heavy atom. The van der Waals surface area contributed by atoms with E-state index >= 15 is 0 Å². The van der Waals surface area contributed by atoms with Crippen LogP contribution in [0.1, 0.15) is 21.6 Å². The lowest BCUT2D eigenvalue weighted by Crippen LogP contribution is -2.21. The van der Waals surface area contributed by atoms with Crippen molar-refractivity contribution in [2.75, 3.05) is 5.32 Å². The van der Waals surface area contributed by atoms with E-state index in [0.29, 0.717) is 26.0 Å². The molecule has 27 heavy (non-hydrogen) atoms. The summed E-state index contributed by atoms with van der Waals surface area (Å²) in [5.41, 5.74) is -0.671. The summed E-state index contributed by atoms with van der Waals surface area (Å²) in [6.45, 7) is 1.70. The fourth-order valence-corrected chi connectivity index (χ4v) is 2.78. The number of alkyl halides is 3. The highest BCUT2D eigenvalue weighted by Gasteiger charge is 2.40. The molecule has 2 aromatic carbocycles. The Morgan fingerprint density at radius 1 is 1.07 bits per heavy atom. The Morgan fingerprint density at radius 3 is 2.33 bits per heavy atom. The molecule has 1 N–H and O–H groups in total. The average molecular weight is 414 g/mol. The molecule has 4 nitrogen and oxygen atoms in total. The van der Waals surface area contributed by atoms with Gasteiger partial charge in [0.15, 0.2) is 5.69 Å². The van der Waals surface area contributed by atoms with Crippen LogP contribution in [0, 0.1) is 6.92 Å². The molecule has 0 atom stereocenters. The van der Waals surface area contributed by atoms with E-state index in [9.17, 15) is 18.0 Å². The second-order valence-corrected chi connectivity index (χ2v) is 6.58. The van der Waals surface area contributed by atoms with Crippen LogP contribution in [0.2, 0.25) is 10.0 Å². The minimum atomic E-state index is -4.80. The van der Waals surface area contributed by atoms with E-state index in [1.54, 1.807) is 19.1 Å². The number of nitrogens with zero attached hydrogens (tertiary/aromatic N) is 2. The summed E-state index contributed by atoms with van der Waals surface area (Å²) in [6.07, 6.45) is -3.92. The number of aromatic nitrogens is 2. The van der Waals surface area contributed by atoms with Gasteiger partial charge in [0.2, 0.25) is 0 Å². The van der Waals surface area contributed by atoms with Crippen molar-refractivity contribution in [1.29, 1.82) is 0 Å². The monoisotopic (exact) mass is 413 g/mol. The van der Waals surface area contributed by atoms with Crippen LogP contribution >= 0.6 is 23.2 Å². The van der Waals surface area contributed by atoms with Crippen molar-refractivity contribution in [2.45, 2.75) is 13.1 Å². The summed E-state index contributed by atoms with van der Waals surface area (Å²) < 4.78 is 41.6. The summed E-state index contributed by atoms with van der Waals surface area (Å²) in [7, 11) is 0. The highest BCUT2D eigenvalue weighted by molar-refractivity contribution is 6.31. The predicted molar refractivity (Wildman–Crippen MR) is 97.7 cm³/mol. The number of nitrogens with one attached hydrogen (secondary N) is 1. The number of halogens is 5. The average Bonchev–Trinajstić information content (AvgIpc) is 3.04. The molecule has 0 aliphatic carbocycles. The normalized spacial score (nSPS) is 11.5. The Kier molecular flexibility index (Phi) is 5.17. The van der Waals surface area contributed by atoms with E-state index in [2.05, 4.69) is 10.4 Å². The van der Waals surface area contributed by atoms with Gasteiger partial charge in [-0.05, 0) is 48.9 Å². The Hall–Kier alpha value is -2.51. The molecule has 1 heterocycles. The van der Waals surface area contributed by atoms with Crippen LogP contribution in [0.15, 0.2) is 48.7 Å². The third kappa shape index (κ3) is 4.09.